The van der Waals surface area contributed by atoms with Gasteiger partial charge in [0.15, 0.2) is 0 Å². The maximum Gasteiger partial charge on any atom is 0.316 e. The number of rotatable bonds is 5. The number of aliphatic carboxylic acids is 1. The van der Waals surface area contributed by atoms with E-state index in [1.54, 1.807) is 55.6 Å². The standard InChI is InChI=1S/C17H18O4/c1-17(16(19)20,13-6-4-3-5-7-13)15(18)12-8-10-14(21-2)11-9-12/h3-11,15,18H,1-2H3,(H,19,20)/t15-,17+/m0/s1. The molecule has 0 aliphatic rings. The molecule has 2 atom stereocenters. The number of ether oxygens (including phenoxy) is 1. The highest BCUT2D eigenvalue weighted by Crippen LogP contribution is 2.38. The Balaban J connectivity index is 2.44. The summed E-state index contributed by atoms with van der Waals surface area (Å²) in [4.78, 5) is 11.8. The second-order valence-corrected chi connectivity index (χ2v) is 5.05. The first-order chi connectivity index (χ1) is 10.00. The molecule has 0 unspecified atom stereocenters. The Morgan fingerprint density at radius 1 is 1.10 bits per heavy atom. The second-order valence-electron chi connectivity index (χ2n) is 5.05. The fourth-order valence-electron chi connectivity index (χ4n) is 2.30. The molecule has 0 aromatic heterocycles. The first kappa shape index (κ1) is 15.1. The molecule has 0 heterocycles. The smallest absolute Gasteiger partial charge is 0.316 e. The lowest BCUT2D eigenvalue weighted by molar-refractivity contribution is -0.148. The number of aliphatic hydroxyl groups excluding tert-OH is 1. The zero-order valence-electron chi connectivity index (χ0n) is 12.0. The Morgan fingerprint density at radius 2 is 1.67 bits per heavy atom. The van der Waals surface area contributed by atoms with Crippen LogP contribution < -0.4 is 4.74 Å². The molecule has 4 nitrogen and oxygen atoms in total. The number of carboxylic acids is 1. The molecule has 0 amide bonds. The number of methoxy groups -OCH3 is 1. The first-order valence-corrected chi connectivity index (χ1v) is 6.61. The molecule has 0 radical (unpaired) electrons. The Kier molecular flexibility index (Phi) is 4.29. The van der Waals surface area contributed by atoms with Gasteiger partial charge in [-0.2, -0.15) is 0 Å². The van der Waals surface area contributed by atoms with Gasteiger partial charge in [0, 0.05) is 0 Å². The van der Waals surface area contributed by atoms with Crippen molar-refractivity contribution in [3.05, 3.63) is 65.7 Å². The normalized spacial score (nSPS) is 15.0. The van der Waals surface area contributed by atoms with Crippen LogP contribution in [0.5, 0.6) is 5.75 Å². The number of hydrogen-bond donors (Lipinski definition) is 2. The van der Waals surface area contributed by atoms with Crippen molar-refractivity contribution >= 4 is 5.97 Å². The van der Waals surface area contributed by atoms with E-state index in [9.17, 15) is 15.0 Å². The monoisotopic (exact) mass is 286 g/mol. The van der Waals surface area contributed by atoms with Gasteiger partial charge in [-0.1, -0.05) is 42.5 Å². The quantitative estimate of drug-likeness (QED) is 0.887. The van der Waals surface area contributed by atoms with Crippen LogP contribution in [0.15, 0.2) is 54.6 Å². The molecule has 0 spiro atoms. The summed E-state index contributed by atoms with van der Waals surface area (Å²) >= 11 is 0. The lowest BCUT2D eigenvalue weighted by Gasteiger charge is -2.31. The van der Waals surface area contributed by atoms with Crippen LogP contribution in [0.1, 0.15) is 24.2 Å². The Hall–Kier alpha value is -2.33. The lowest BCUT2D eigenvalue weighted by Crippen LogP contribution is -2.39. The molecular formula is C17H18O4. The minimum atomic E-state index is -1.42. The predicted octanol–water partition coefficient (Wildman–Crippen LogP) is 2.77. The Bertz CT molecular complexity index is 606. The van der Waals surface area contributed by atoms with Crippen LogP contribution >= 0.6 is 0 Å². The summed E-state index contributed by atoms with van der Waals surface area (Å²) in [5.74, 6) is -0.417. The van der Waals surface area contributed by atoms with Crippen molar-refractivity contribution in [3.8, 4) is 5.75 Å². The first-order valence-electron chi connectivity index (χ1n) is 6.61. The van der Waals surface area contributed by atoms with E-state index in [0.29, 0.717) is 16.9 Å². The molecule has 2 aromatic rings. The predicted molar refractivity (Wildman–Crippen MR) is 79.4 cm³/mol. The van der Waals surface area contributed by atoms with Crippen molar-refractivity contribution in [1.82, 2.24) is 0 Å². The van der Waals surface area contributed by atoms with Crippen LogP contribution in [0.3, 0.4) is 0 Å². The third-order valence-corrected chi connectivity index (χ3v) is 3.80. The fraction of sp³-hybridized carbons (Fsp3) is 0.235. The molecule has 0 aliphatic heterocycles. The van der Waals surface area contributed by atoms with E-state index in [-0.39, 0.29) is 0 Å². The summed E-state index contributed by atoms with van der Waals surface area (Å²) < 4.78 is 5.07. The maximum atomic E-state index is 11.8. The van der Waals surface area contributed by atoms with Gasteiger partial charge < -0.3 is 14.9 Å². The van der Waals surface area contributed by atoms with Crippen molar-refractivity contribution in [1.29, 1.82) is 0 Å². The van der Waals surface area contributed by atoms with E-state index in [1.165, 1.54) is 6.92 Å². The molecule has 0 saturated carbocycles. The molecule has 110 valence electrons. The van der Waals surface area contributed by atoms with Crippen LogP contribution in [0.25, 0.3) is 0 Å². The number of carboxylic acid groups (broad SMARTS) is 1. The molecule has 2 N–H and O–H groups in total. The largest absolute Gasteiger partial charge is 0.497 e. The third kappa shape index (κ3) is 2.76. The highest BCUT2D eigenvalue weighted by atomic mass is 16.5. The molecule has 2 aromatic carbocycles. The van der Waals surface area contributed by atoms with Crippen LogP contribution in [0, 0.1) is 0 Å². The summed E-state index contributed by atoms with van der Waals surface area (Å²) in [6, 6.07) is 15.5. The summed E-state index contributed by atoms with van der Waals surface area (Å²) in [7, 11) is 1.55. The minimum Gasteiger partial charge on any atom is -0.497 e. The fourth-order valence-corrected chi connectivity index (χ4v) is 2.30. The van der Waals surface area contributed by atoms with Crippen molar-refractivity contribution < 1.29 is 19.7 Å². The van der Waals surface area contributed by atoms with Gasteiger partial charge in [-0.25, -0.2) is 0 Å². The molecule has 21 heavy (non-hydrogen) atoms. The second kappa shape index (κ2) is 5.97. The SMILES string of the molecule is COc1ccc([C@H](O)[C@](C)(C(=O)O)c2ccccc2)cc1. The molecule has 4 heteroatoms. The van der Waals surface area contributed by atoms with Crippen molar-refractivity contribution in [2.45, 2.75) is 18.4 Å². The van der Waals surface area contributed by atoms with Gasteiger partial charge in [-0.15, -0.1) is 0 Å². The Labute approximate surface area is 123 Å². The third-order valence-electron chi connectivity index (χ3n) is 3.80. The van der Waals surface area contributed by atoms with E-state index >= 15 is 0 Å². The van der Waals surface area contributed by atoms with Gasteiger partial charge in [0.2, 0.25) is 0 Å². The molecule has 0 saturated heterocycles. The van der Waals surface area contributed by atoms with Gasteiger partial charge >= 0.3 is 5.97 Å². The average Bonchev–Trinajstić information content (AvgIpc) is 2.54. The van der Waals surface area contributed by atoms with Gasteiger partial charge in [-0.05, 0) is 30.2 Å². The van der Waals surface area contributed by atoms with E-state index < -0.39 is 17.5 Å². The molecular weight excluding hydrogens is 268 g/mol. The van der Waals surface area contributed by atoms with E-state index in [2.05, 4.69) is 0 Å². The van der Waals surface area contributed by atoms with Gasteiger partial charge in [0.1, 0.15) is 11.2 Å². The zero-order chi connectivity index (χ0) is 15.5. The molecule has 0 aliphatic carbocycles. The molecule has 0 bridgehead atoms. The number of benzene rings is 2. The minimum absolute atomic E-state index is 0.532. The van der Waals surface area contributed by atoms with Crippen LogP contribution in [-0.2, 0) is 10.2 Å². The lowest BCUT2D eigenvalue weighted by atomic mass is 9.75. The van der Waals surface area contributed by atoms with Crippen LogP contribution in [0.2, 0.25) is 0 Å². The molecule has 2 rings (SSSR count). The van der Waals surface area contributed by atoms with Crippen LogP contribution in [-0.4, -0.2) is 23.3 Å². The summed E-state index contributed by atoms with van der Waals surface area (Å²) in [5.41, 5.74) is -0.332. The van der Waals surface area contributed by atoms with Crippen molar-refractivity contribution in [2.24, 2.45) is 0 Å². The topological polar surface area (TPSA) is 66.8 Å². The zero-order valence-corrected chi connectivity index (χ0v) is 12.0. The van der Waals surface area contributed by atoms with Crippen molar-refractivity contribution in [3.63, 3.8) is 0 Å². The van der Waals surface area contributed by atoms with Gasteiger partial charge in [-0.3, -0.25) is 4.79 Å². The van der Waals surface area contributed by atoms with E-state index in [4.69, 9.17) is 4.74 Å². The number of carbonyl (C=O) groups is 1. The van der Waals surface area contributed by atoms with E-state index in [0.717, 1.165) is 0 Å². The van der Waals surface area contributed by atoms with E-state index in [1.807, 2.05) is 6.07 Å². The Morgan fingerprint density at radius 3 is 2.14 bits per heavy atom. The highest BCUT2D eigenvalue weighted by Gasteiger charge is 2.43. The summed E-state index contributed by atoms with van der Waals surface area (Å²) in [5, 5.41) is 20.2. The highest BCUT2D eigenvalue weighted by molar-refractivity contribution is 5.82. The van der Waals surface area contributed by atoms with Gasteiger partial charge in [0.25, 0.3) is 0 Å². The summed E-state index contributed by atoms with van der Waals surface area (Å²) in [6.45, 7) is 1.53. The van der Waals surface area contributed by atoms with Crippen molar-refractivity contribution in [2.75, 3.05) is 7.11 Å². The van der Waals surface area contributed by atoms with Gasteiger partial charge in [0.05, 0.1) is 13.2 Å². The summed E-state index contributed by atoms with van der Waals surface area (Å²) in [6.07, 6.45) is -1.16. The maximum absolute atomic E-state index is 11.8. The number of hydrogen-bond acceptors (Lipinski definition) is 3. The number of aliphatic hydroxyl groups is 1. The van der Waals surface area contributed by atoms with Crippen LogP contribution in [0.4, 0.5) is 0 Å². The average molecular weight is 286 g/mol. The molecule has 0 fully saturated rings.